The van der Waals surface area contributed by atoms with E-state index in [2.05, 4.69) is 16.1 Å². The third-order valence-electron chi connectivity index (χ3n) is 1.10. The van der Waals surface area contributed by atoms with E-state index in [1.54, 1.807) is 0 Å². The van der Waals surface area contributed by atoms with Crippen molar-refractivity contribution in [2.75, 3.05) is 27.7 Å². The van der Waals surface area contributed by atoms with Crippen molar-refractivity contribution in [3.05, 3.63) is 0 Å². The molecule has 0 saturated heterocycles. The topological polar surface area (TPSA) is 15.3 Å². The Morgan fingerprint density at radius 2 is 2.22 bits per heavy atom. The van der Waals surface area contributed by atoms with Crippen LogP contribution in [0.15, 0.2) is 0 Å². The number of terminal acetylenes is 1. The van der Waals surface area contributed by atoms with Gasteiger partial charge in [0.15, 0.2) is 0 Å². The Kier molecular flexibility index (Phi) is 4.12. The van der Waals surface area contributed by atoms with E-state index in [1.165, 1.54) is 0 Å². The summed E-state index contributed by atoms with van der Waals surface area (Å²) in [5, 5.41) is 3.01. The molecule has 0 fully saturated rings. The minimum atomic E-state index is 0.181. The normalized spacial score (nSPS) is 13.2. The van der Waals surface area contributed by atoms with Crippen molar-refractivity contribution in [2.45, 2.75) is 6.04 Å². The van der Waals surface area contributed by atoms with Gasteiger partial charge in [0.05, 0.1) is 6.04 Å². The molecule has 52 valence electrons. The van der Waals surface area contributed by atoms with Crippen LogP contribution in [0.1, 0.15) is 0 Å². The van der Waals surface area contributed by atoms with Gasteiger partial charge in [0.2, 0.25) is 0 Å². The van der Waals surface area contributed by atoms with Crippen molar-refractivity contribution in [2.24, 2.45) is 0 Å². The highest BCUT2D eigenvalue weighted by Crippen LogP contribution is 1.81. The standard InChI is InChI=1S/C7H14N2/c1-5-7(8-2)6-9(3)4/h1,7-8H,6H2,2-4H3. The summed E-state index contributed by atoms with van der Waals surface area (Å²) in [5.41, 5.74) is 0. The fraction of sp³-hybridized carbons (Fsp3) is 0.714. The minimum absolute atomic E-state index is 0.181. The van der Waals surface area contributed by atoms with Crippen molar-refractivity contribution in [3.8, 4) is 12.3 Å². The molecule has 0 aromatic carbocycles. The van der Waals surface area contributed by atoms with E-state index in [0.717, 1.165) is 6.54 Å². The zero-order valence-corrected chi connectivity index (χ0v) is 6.31. The van der Waals surface area contributed by atoms with Gasteiger partial charge in [-0.15, -0.1) is 6.42 Å². The SMILES string of the molecule is C#CC(CN(C)C)NC. The van der Waals surface area contributed by atoms with Crippen molar-refractivity contribution >= 4 is 0 Å². The molecule has 0 bridgehead atoms. The molecule has 0 aliphatic heterocycles. The first kappa shape index (κ1) is 8.48. The summed E-state index contributed by atoms with van der Waals surface area (Å²) in [6, 6.07) is 0.181. The first-order valence-electron chi connectivity index (χ1n) is 2.98. The lowest BCUT2D eigenvalue weighted by Crippen LogP contribution is -2.34. The summed E-state index contributed by atoms with van der Waals surface area (Å²) in [4.78, 5) is 2.06. The first-order chi connectivity index (χ1) is 4.20. The zero-order chi connectivity index (χ0) is 7.28. The van der Waals surface area contributed by atoms with E-state index in [-0.39, 0.29) is 6.04 Å². The summed E-state index contributed by atoms with van der Waals surface area (Å²) in [5.74, 6) is 2.63. The summed E-state index contributed by atoms with van der Waals surface area (Å²) in [6.07, 6.45) is 5.19. The highest BCUT2D eigenvalue weighted by Gasteiger charge is 2.00. The molecule has 1 atom stereocenters. The average molecular weight is 126 g/mol. The van der Waals surface area contributed by atoms with Gasteiger partial charge in [-0.25, -0.2) is 0 Å². The second kappa shape index (κ2) is 4.37. The molecule has 0 amide bonds. The van der Waals surface area contributed by atoms with Gasteiger partial charge in [0.1, 0.15) is 0 Å². The monoisotopic (exact) mass is 126 g/mol. The van der Waals surface area contributed by atoms with Crippen molar-refractivity contribution < 1.29 is 0 Å². The summed E-state index contributed by atoms with van der Waals surface area (Å²) >= 11 is 0. The molecule has 0 aromatic rings. The Labute approximate surface area is 57.2 Å². The molecule has 1 unspecified atom stereocenters. The summed E-state index contributed by atoms with van der Waals surface area (Å²) in [7, 11) is 5.87. The second-order valence-corrected chi connectivity index (χ2v) is 2.27. The maximum absolute atomic E-state index is 5.19. The van der Waals surface area contributed by atoms with Gasteiger partial charge in [-0.2, -0.15) is 0 Å². The van der Waals surface area contributed by atoms with E-state index in [4.69, 9.17) is 6.42 Å². The van der Waals surface area contributed by atoms with E-state index in [1.807, 2.05) is 21.1 Å². The van der Waals surface area contributed by atoms with Gasteiger partial charge < -0.3 is 10.2 Å². The van der Waals surface area contributed by atoms with Crippen LogP contribution in [-0.2, 0) is 0 Å². The van der Waals surface area contributed by atoms with Gasteiger partial charge in [0.25, 0.3) is 0 Å². The molecule has 0 saturated carbocycles. The van der Waals surface area contributed by atoms with Crippen LogP contribution in [0.25, 0.3) is 0 Å². The lowest BCUT2D eigenvalue weighted by molar-refractivity contribution is 0.381. The molecule has 1 N–H and O–H groups in total. The Hall–Kier alpha value is -0.520. The second-order valence-electron chi connectivity index (χ2n) is 2.27. The van der Waals surface area contributed by atoms with Gasteiger partial charge in [-0.05, 0) is 21.1 Å². The molecule has 0 aliphatic rings. The maximum Gasteiger partial charge on any atom is 0.0813 e. The summed E-state index contributed by atoms with van der Waals surface area (Å²) in [6.45, 7) is 0.896. The van der Waals surface area contributed by atoms with Crippen LogP contribution < -0.4 is 5.32 Å². The molecular formula is C7H14N2. The van der Waals surface area contributed by atoms with E-state index < -0.39 is 0 Å². The van der Waals surface area contributed by atoms with E-state index in [9.17, 15) is 0 Å². The van der Waals surface area contributed by atoms with E-state index >= 15 is 0 Å². The van der Waals surface area contributed by atoms with Crippen LogP contribution in [0.5, 0.6) is 0 Å². The van der Waals surface area contributed by atoms with Gasteiger partial charge in [-0.1, -0.05) is 5.92 Å². The van der Waals surface area contributed by atoms with Crippen molar-refractivity contribution in [1.29, 1.82) is 0 Å². The Morgan fingerprint density at radius 3 is 2.33 bits per heavy atom. The number of rotatable bonds is 3. The number of nitrogens with one attached hydrogen (secondary N) is 1. The number of nitrogens with zero attached hydrogens (tertiary/aromatic N) is 1. The molecule has 2 heteroatoms. The first-order valence-corrected chi connectivity index (χ1v) is 2.98. The van der Waals surface area contributed by atoms with Crippen LogP contribution in [-0.4, -0.2) is 38.6 Å². The predicted molar refractivity (Wildman–Crippen MR) is 40.2 cm³/mol. The third kappa shape index (κ3) is 4.01. The smallest absolute Gasteiger partial charge is 0.0813 e. The Balaban J connectivity index is 3.47. The van der Waals surface area contributed by atoms with Crippen molar-refractivity contribution in [3.63, 3.8) is 0 Å². The highest BCUT2D eigenvalue weighted by molar-refractivity contribution is 4.98. The van der Waals surface area contributed by atoms with Crippen LogP contribution in [0, 0.1) is 12.3 Å². The van der Waals surface area contributed by atoms with Crippen LogP contribution >= 0.6 is 0 Å². The van der Waals surface area contributed by atoms with E-state index in [0.29, 0.717) is 0 Å². The minimum Gasteiger partial charge on any atom is -0.307 e. The lowest BCUT2D eigenvalue weighted by atomic mass is 10.3. The van der Waals surface area contributed by atoms with Crippen LogP contribution in [0.3, 0.4) is 0 Å². The largest absolute Gasteiger partial charge is 0.307 e. The van der Waals surface area contributed by atoms with Gasteiger partial charge in [-0.3, -0.25) is 0 Å². The van der Waals surface area contributed by atoms with Gasteiger partial charge in [0, 0.05) is 6.54 Å². The fourth-order valence-electron chi connectivity index (χ4n) is 0.592. The molecule has 0 radical (unpaired) electrons. The molecular weight excluding hydrogens is 112 g/mol. The summed E-state index contributed by atoms with van der Waals surface area (Å²) < 4.78 is 0. The molecule has 0 aliphatic carbocycles. The quantitative estimate of drug-likeness (QED) is 0.525. The molecule has 9 heavy (non-hydrogen) atoms. The Morgan fingerprint density at radius 1 is 1.67 bits per heavy atom. The van der Waals surface area contributed by atoms with Gasteiger partial charge >= 0.3 is 0 Å². The molecule has 0 spiro atoms. The van der Waals surface area contributed by atoms with Crippen LogP contribution in [0.4, 0.5) is 0 Å². The van der Waals surface area contributed by atoms with Crippen molar-refractivity contribution in [1.82, 2.24) is 10.2 Å². The molecule has 0 heterocycles. The number of hydrogen-bond acceptors (Lipinski definition) is 2. The number of likely N-dealkylation sites (N-methyl/N-ethyl adjacent to an activating group) is 2. The molecule has 0 rings (SSSR count). The number of hydrogen-bond donors (Lipinski definition) is 1. The third-order valence-corrected chi connectivity index (χ3v) is 1.10. The molecule has 0 aromatic heterocycles. The zero-order valence-electron chi connectivity index (χ0n) is 6.31. The molecule has 2 nitrogen and oxygen atoms in total. The predicted octanol–water partition coefficient (Wildman–Crippen LogP) is -0.231. The highest BCUT2D eigenvalue weighted by atomic mass is 15.1. The Bertz CT molecular complexity index is 102. The lowest BCUT2D eigenvalue weighted by Gasteiger charge is -2.14. The van der Waals surface area contributed by atoms with Crippen LogP contribution in [0.2, 0.25) is 0 Å². The fourth-order valence-corrected chi connectivity index (χ4v) is 0.592. The average Bonchev–Trinajstić information content (AvgIpc) is 1.82. The maximum atomic E-state index is 5.19.